The Balaban J connectivity index is 1.84. The van der Waals surface area contributed by atoms with Gasteiger partial charge in [-0.25, -0.2) is 4.99 Å². The second kappa shape index (κ2) is 5.80. The van der Waals surface area contributed by atoms with Gasteiger partial charge in [0.1, 0.15) is 6.61 Å². The maximum absolute atomic E-state index is 5.32. The molecule has 0 N–H and O–H groups in total. The first-order valence-corrected chi connectivity index (χ1v) is 5.44. The molecule has 1 aromatic heterocycles. The van der Waals surface area contributed by atoms with E-state index in [0.29, 0.717) is 6.61 Å². The lowest BCUT2D eigenvalue weighted by Crippen LogP contribution is -1.90. The fourth-order valence-electron chi connectivity index (χ4n) is 1.35. The molecule has 2 rings (SSSR count). The quantitative estimate of drug-likeness (QED) is 0.592. The van der Waals surface area contributed by atoms with Crippen LogP contribution < -0.4 is 0 Å². The van der Waals surface area contributed by atoms with Gasteiger partial charge in [-0.1, -0.05) is 23.8 Å². The van der Waals surface area contributed by atoms with Gasteiger partial charge in [-0.05, 0) is 25.1 Å². The molecule has 3 heteroatoms. The topological polar surface area (TPSA) is 34.5 Å². The first kappa shape index (κ1) is 11.3. The van der Waals surface area contributed by atoms with E-state index in [0.717, 1.165) is 11.3 Å². The van der Waals surface area contributed by atoms with E-state index in [2.05, 4.69) is 9.98 Å². The lowest BCUT2D eigenvalue weighted by molar-refractivity contribution is 0.307. The molecule has 0 unspecified atom stereocenters. The van der Waals surface area contributed by atoms with Crippen LogP contribution in [0.3, 0.4) is 0 Å². The Labute approximate surface area is 101 Å². The number of aromatic nitrogens is 1. The van der Waals surface area contributed by atoms with Gasteiger partial charge in [0.25, 0.3) is 0 Å². The molecule has 0 saturated carbocycles. The summed E-state index contributed by atoms with van der Waals surface area (Å²) in [7, 11) is 0. The van der Waals surface area contributed by atoms with Crippen molar-refractivity contribution >= 4 is 12.1 Å². The maximum Gasteiger partial charge on any atom is 0.175 e. The van der Waals surface area contributed by atoms with Crippen LogP contribution in [0, 0.1) is 6.92 Å². The van der Waals surface area contributed by atoms with Gasteiger partial charge in [0.15, 0.2) is 6.40 Å². The minimum Gasteiger partial charge on any atom is -0.478 e. The van der Waals surface area contributed by atoms with Gasteiger partial charge < -0.3 is 4.74 Å². The minimum atomic E-state index is 0.489. The molecule has 2 aromatic rings. The zero-order valence-corrected chi connectivity index (χ0v) is 9.71. The maximum atomic E-state index is 5.32. The van der Waals surface area contributed by atoms with Crippen molar-refractivity contribution in [3.63, 3.8) is 0 Å². The van der Waals surface area contributed by atoms with E-state index >= 15 is 0 Å². The van der Waals surface area contributed by atoms with Crippen LogP contribution in [-0.4, -0.2) is 11.4 Å². The van der Waals surface area contributed by atoms with E-state index in [9.17, 15) is 0 Å². The van der Waals surface area contributed by atoms with Crippen LogP contribution >= 0.6 is 0 Å². The third-order valence-electron chi connectivity index (χ3n) is 2.28. The van der Waals surface area contributed by atoms with Crippen molar-refractivity contribution < 1.29 is 4.74 Å². The fraction of sp³-hybridized carbons (Fsp3) is 0.143. The van der Waals surface area contributed by atoms with Gasteiger partial charge in [0.2, 0.25) is 0 Å². The highest BCUT2D eigenvalue weighted by Gasteiger charge is 1.90. The Bertz CT molecular complexity index is 477. The number of hydrogen-bond donors (Lipinski definition) is 0. The largest absolute Gasteiger partial charge is 0.478 e. The highest BCUT2D eigenvalue weighted by atomic mass is 16.5. The molecule has 1 heterocycles. The summed E-state index contributed by atoms with van der Waals surface area (Å²) < 4.78 is 5.32. The molecule has 0 saturated heterocycles. The first-order chi connectivity index (χ1) is 8.34. The zero-order valence-electron chi connectivity index (χ0n) is 9.71. The van der Waals surface area contributed by atoms with Crippen molar-refractivity contribution in [1.29, 1.82) is 0 Å². The molecule has 86 valence electrons. The minimum absolute atomic E-state index is 0.489. The standard InChI is InChI=1S/C14H14N2O/c1-12-4-6-14(7-5-12)16-11-17-10-13-3-2-8-15-9-13/h2-9,11H,10H2,1H3. The molecule has 0 aliphatic heterocycles. The van der Waals surface area contributed by atoms with Crippen molar-refractivity contribution in [2.75, 3.05) is 0 Å². The predicted molar refractivity (Wildman–Crippen MR) is 68.4 cm³/mol. The van der Waals surface area contributed by atoms with Gasteiger partial charge in [-0.15, -0.1) is 0 Å². The Morgan fingerprint density at radius 1 is 1.24 bits per heavy atom. The molecule has 0 fully saturated rings. The molecular weight excluding hydrogens is 212 g/mol. The summed E-state index contributed by atoms with van der Waals surface area (Å²) in [5, 5.41) is 0. The molecule has 0 spiro atoms. The smallest absolute Gasteiger partial charge is 0.175 e. The van der Waals surface area contributed by atoms with Gasteiger partial charge in [0.05, 0.1) is 5.69 Å². The number of nitrogens with zero attached hydrogens (tertiary/aromatic N) is 2. The third kappa shape index (κ3) is 3.72. The van der Waals surface area contributed by atoms with E-state index in [4.69, 9.17) is 4.74 Å². The summed E-state index contributed by atoms with van der Waals surface area (Å²) in [5.74, 6) is 0. The third-order valence-corrected chi connectivity index (χ3v) is 2.28. The number of rotatable bonds is 4. The molecule has 0 atom stereocenters. The molecule has 1 aromatic carbocycles. The monoisotopic (exact) mass is 226 g/mol. The van der Waals surface area contributed by atoms with Gasteiger partial charge in [-0.3, -0.25) is 4.98 Å². The van der Waals surface area contributed by atoms with E-state index < -0.39 is 0 Å². The Morgan fingerprint density at radius 3 is 2.76 bits per heavy atom. The molecule has 0 aliphatic rings. The van der Waals surface area contributed by atoms with Crippen molar-refractivity contribution in [2.24, 2.45) is 4.99 Å². The summed E-state index contributed by atoms with van der Waals surface area (Å²) in [6, 6.07) is 11.8. The summed E-state index contributed by atoms with van der Waals surface area (Å²) >= 11 is 0. The second-order valence-electron chi connectivity index (χ2n) is 3.74. The van der Waals surface area contributed by atoms with Gasteiger partial charge >= 0.3 is 0 Å². The van der Waals surface area contributed by atoms with Gasteiger partial charge in [-0.2, -0.15) is 0 Å². The van der Waals surface area contributed by atoms with Crippen LogP contribution in [0.15, 0.2) is 53.8 Å². The van der Waals surface area contributed by atoms with E-state index in [1.165, 1.54) is 12.0 Å². The Morgan fingerprint density at radius 2 is 2.06 bits per heavy atom. The average molecular weight is 226 g/mol. The molecule has 3 nitrogen and oxygen atoms in total. The first-order valence-electron chi connectivity index (χ1n) is 5.44. The molecule has 0 radical (unpaired) electrons. The SMILES string of the molecule is Cc1ccc(N=COCc2cccnc2)cc1. The predicted octanol–water partition coefficient (Wildman–Crippen LogP) is 3.27. The Kier molecular flexibility index (Phi) is 3.86. The molecule has 0 aliphatic carbocycles. The summed E-state index contributed by atoms with van der Waals surface area (Å²) in [5.41, 5.74) is 3.14. The fourth-order valence-corrected chi connectivity index (χ4v) is 1.35. The van der Waals surface area contributed by atoms with Crippen LogP contribution in [0.1, 0.15) is 11.1 Å². The lowest BCUT2D eigenvalue weighted by atomic mass is 10.2. The highest BCUT2D eigenvalue weighted by molar-refractivity contribution is 5.55. The number of benzene rings is 1. The normalized spacial score (nSPS) is 10.6. The van der Waals surface area contributed by atoms with Crippen molar-refractivity contribution in [2.45, 2.75) is 13.5 Å². The number of pyridine rings is 1. The van der Waals surface area contributed by atoms with Crippen molar-refractivity contribution in [3.05, 3.63) is 59.9 Å². The molecule has 0 amide bonds. The Hall–Kier alpha value is -2.16. The van der Waals surface area contributed by atoms with E-state index in [1.807, 2.05) is 43.3 Å². The lowest BCUT2D eigenvalue weighted by Gasteiger charge is -1.99. The average Bonchev–Trinajstić information content (AvgIpc) is 2.38. The van der Waals surface area contributed by atoms with E-state index in [1.54, 1.807) is 12.4 Å². The van der Waals surface area contributed by atoms with E-state index in [-0.39, 0.29) is 0 Å². The molecule has 0 bridgehead atoms. The molecular formula is C14H14N2O. The number of ether oxygens (including phenoxy) is 1. The number of hydrogen-bond acceptors (Lipinski definition) is 3. The van der Waals surface area contributed by atoms with Crippen LogP contribution in [0.5, 0.6) is 0 Å². The van der Waals surface area contributed by atoms with Crippen LogP contribution in [0.4, 0.5) is 5.69 Å². The van der Waals surface area contributed by atoms with Crippen LogP contribution in [-0.2, 0) is 11.3 Å². The number of aliphatic imine (C=N–C) groups is 1. The highest BCUT2D eigenvalue weighted by Crippen LogP contribution is 2.11. The molecule has 17 heavy (non-hydrogen) atoms. The van der Waals surface area contributed by atoms with Crippen molar-refractivity contribution in [1.82, 2.24) is 4.98 Å². The summed E-state index contributed by atoms with van der Waals surface area (Å²) in [4.78, 5) is 8.20. The van der Waals surface area contributed by atoms with Crippen molar-refractivity contribution in [3.8, 4) is 0 Å². The zero-order chi connectivity index (χ0) is 11.9. The van der Waals surface area contributed by atoms with Crippen LogP contribution in [0.25, 0.3) is 0 Å². The summed E-state index contributed by atoms with van der Waals surface area (Å²) in [6.45, 7) is 2.54. The second-order valence-corrected chi connectivity index (χ2v) is 3.74. The summed E-state index contributed by atoms with van der Waals surface area (Å²) in [6.07, 6.45) is 4.99. The number of aryl methyl sites for hydroxylation is 1. The van der Waals surface area contributed by atoms with Gasteiger partial charge in [0, 0.05) is 18.0 Å². The van der Waals surface area contributed by atoms with Crippen LogP contribution in [0.2, 0.25) is 0 Å².